The molecule has 1 atom stereocenters. The van der Waals surface area contributed by atoms with Crippen LogP contribution in [-0.2, 0) is 11.3 Å². The van der Waals surface area contributed by atoms with Crippen LogP contribution in [0, 0.1) is 6.92 Å². The van der Waals surface area contributed by atoms with Gasteiger partial charge >= 0.3 is 0 Å². The number of anilines is 2. The Hall–Kier alpha value is -4.29. The number of rotatable bonds is 7. The summed E-state index contributed by atoms with van der Waals surface area (Å²) >= 11 is 0. The van der Waals surface area contributed by atoms with Crippen LogP contribution < -0.4 is 5.32 Å². The summed E-state index contributed by atoms with van der Waals surface area (Å²) in [6.07, 6.45) is 3.00. The highest BCUT2D eigenvalue weighted by atomic mass is 19.3. The zero-order valence-corrected chi connectivity index (χ0v) is 19.0. The maximum atomic E-state index is 12.7. The minimum atomic E-state index is -2.50. The van der Waals surface area contributed by atoms with Crippen LogP contribution in [0.2, 0.25) is 0 Å². The lowest BCUT2D eigenvalue weighted by atomic mass is 10.1. The monoisotopic (exact) mass is 480 g/mol. The van der Waals surface area contributed by atoms with Gasteiger partial charge in [-0.05, 0) is 31.5 Å². The number of hydrogen-bond donors (Lipinski definition) is 1. The van der Waals surface area contributed by atoms with E-state index in [0.29, 0.717) is 47.2 Å². The van der Waals surface area contributed by atoms with Crippen LogP contribution in [0.1, 0.15) is 23.7 Å². The van der Waals surface area contributed by atoms with Crippen LogP contribution in [0.5, 0.6) is 0 Å². The largest absolute Gasteiger partial charge is 0.345 e. The van der Waals surface area contributed by atoms with Crippen molar-refractivity contribution in [1.82, 2.24) is 44.6 Å². The van der Waals surface area contributed by atoms with Crippen molar-refractivity contribution in [3.63, 3.8) is 0 Å². The van der Waals surface area contributed by atoms with Gasteiger partial charge in [0.15, 0.2) is 5.82 Å². The first-order chi connectivity index (χ1) is 16.9. The van der Waals surface area contributed by atoms with Gasteiger partial charge in [0.05, 0.1) is 40.6 Å². The summed E-state index contributed by atoms with van der Waals surface area (Å²) in [5, 5.41) is 15.4. The number of nitrogens with zero attached hydrogens (tertiary/aromatic N) is 9. The smallest absolute Gasteiger partial charge is 0.257 e. The number of carbonyl (C=O) groups is 1. The maximum Gasteiger partial charge on any atom is 0.257 e. The van der Waals surface area contributed by atoms with Gasteiger partial charge in [0.2, 0.25) is 11.9 Å². The van der Waals surface area contributed by atoms with Gasteiger partial charge in [0.1, 0.15) is 6.54 Å². The van der Waals surface area contributed by atoms with Crippen molar-refractivity contribution < 1.29 is 13.6 Å². The third kappa shape index (κ3) is 4.69. The van der Waals surface area contributed by atoms with E-state index < -0.39 is 13.0 Å². The molecule has 13 heteroatoms. The summed E-state index contributed by atoms with van der Waals surface area (Å²) < 4.78 is 28.0. The minimum Gasteiger partial charge on any atom is -0.345 e. The number of amides is 1. The maximum absolute atomic E-state index is 12.7. The topological polar surface area (TPSA) is 120 Å². The second-order valence-corrected chi connectivity index (χ2v) is 8.20. The molecular weight excluding hydrogens is 458 g/mol. The van der Waals surface area contributed by atoms with Crippen molar-refractivity contribution in [2.24, 2.45) is 0 Å². The lowest BCUT2D eigenvalue weighted by Gasteiger charge is -2.07. The van der Waals surface area contributed by atoms with Crippen molar-refractivity contribution in [3.05, 3.63) is 54.2 Å². The highest BCUT2D eigenvalue weighted by Gasteiger charge is 2.32. The molecule has 4 aromatic rings. The normalized spacial score (nSPS) is 15.9. The standard InChI is InChI=1S/C22H22F2N10O/c1-13-17(10-33(30-13)12-19(23)24)28-22-25-8-6-16(27-22)15-4-3-5-20(26-15)34-11-18(29-31-34)14-7-9-32(2)21(14)35/h3-6,8,10-11,14,19H,7,9,12H2,1-2H3,(H,25,27,28)/t14-/m0/s1. The summed E-state index contributed by atoms with van der Waals surface area (Å²) in [5.41, 5.74) is 2.82. The predicted molar refractivity (Wildman–Crippen MR) is 121 cm³/mol. The number of pyridine rings is 1. The zero-order valence-electron chi connectivity index (χ0n) is 19.0. The van der Waals surface area contributed by atoms with Crippen molar-refractivity contribution in [2.45, 2.75) is 32.2 Å². The number of hydrogen-bond acceptors (Lipinski definition) is 8. The van der Waals surface area contributed by atoms with E-state index >= 15 is 0 Å². The highest BCUT2D eigenvalue weighted by Crippen LogP contribution is 2.26. The first-order valence-electron chi connectivity index (χ1n) is 10.9. The van der Waals surface area contributed by atoms with Gasteiger partial charge in [0, 0.05) is 26.0 Å². The number of likely N-dealkylation sites (tertiary alicyclic amines) is 1. The Balaban J connectivity index is 1.36. The Bertz CT molecular complexity index is 1370. The Labute approximate surface area is 198 Å². The first-order valence-corrected chi connectivity index (χ1v) is 10.9. The molecule has 1 N–H and O–H groups in total. The lowest BCUT2D eigenvalue weighted by molar-refractivity contribution is -0.127. The summed E-state index contributed by atoms with van der Waals surface area (Å²) in [5.74, 6) is 0.550. The van der Waals surface area contributed by atoms with Crippen molar-refractivity contribution in [1.29, 1.82) is 0 Å². The molecule has 0 saturated carbocycles. The molecule has 0 bridgehead atoms. The molecular formula is C22H22F2N10O. The molecule has 5 rings (SSSR count). The molecule has 4 aromatic heterocycles. The molecule has 0 aliphatic carbocycles. The molecule has 0 radical (unpaired) electrons. The third-order valence-corrected chi connectivity index (χ3v) is 5.70. The van der Waals surface area contributed by atoms with Crippen LogP contribution >= 0.6 is 0 Å². The minimum absolute atomic E-state index is 0.0368. The number of aromatic nitrogens is 8. The molecule has 0 spiro atoms. The molecule has 180 valence electrons. The van der Waals surface area contributed by atoms with Crippen LogP contribution in [-0.4, -0.2) is 70.6 Å². The Morgan fingerprint density at radius 1 is 1.17 bits per heavy atom. The first kappa shape index (κ1) is 22.5. The molecule has 1 aliphatic heterocycles. The number of alkyl halides is 2. The van der Waals surface area contributed by atoms with Crippen molar-refractivity contribution >= 4 is 17.5 Å². The molecule has 1 saturated heterocycles. The third-order valence-electron chi connectivity index (χ3n) is 5.70. The van der Waals surface area contributed by atoms with Crippen molar-refractivity contribution in [3.8, 4) is 17.2 Å². The van der Waals surface area contributed by atoms with Gasteiger partial charge in [-0.25, -0.2) is 28.4 Å². The number of carbonyl (C=O) groups excluding carboxylic acids is 1. The predicted octanol–water partition coefficient (Wildman–Crippen LogP) is 2.58. The SMILES string of the molecule is Cc1nn(CC(F)F)cc1Nc1nccc(-c2cccc(-n3cc([C@@H]4CCN(C)C4=O)nn3)n2)n1. The fourth-order valence-electron chi connectivity index (χ4n) is 3.90. The second-order valence-electron chi connectivity index (χ2n) is 8.20. The Morgan fingerprint density at radius 2 is 2.00 bits per heavy atom. The van der Waals surface area contributed by atoms with Crippen LogP contribution in [0.4, 0.5) is 20.4 Å². The molecule has 1 aliphatic rings. The number of likely N-dealkylation sites (N-methyl/N-ethyl adjacent to an activating group) is 1. The molecule has 5 heterocycles. The zero-order chi connectivity index (χ0) is 24.5. The van der Waals surface area contributed by atoms with Crippen molar-refractivity contribution in [2.75, 3.05) is 18.9 Å². The molecule has 0 aromatic carbocycles. The van der Waals surface area contributed by atoms with Crippen LogP contribution in [0.3, 0.4) is 0 Å². The van der Waals surface area contributed by atoms with E-state index in [9.17, 15) is 13.6 Å². The van der Waals surface area contributed by atoms with Gasteiger partial charge in [0.25, 0.3) is 6.43 Å². The summed E-state index contributed by atoms with van der Waals surface area (Å²) in [4.78, 5) is 27.3. The number of nitrogens with one attached hydrogen (secondary N) is 1. The van der Waals surface area contributed by atoms with E-state index in [1.807, 2.05) is 6.07 Å². The summed E-state index contributed by atoms with van der Waals surface area (Å²) in [6.45, 7) is 1.92. The molecule has 0 unspecified atom stereocenters. The van der Waals surface area contributed by atoms with Gasteiger partial charge in [-0.3, -0.25) is 9.48 Å². The average Bonchev–Trinajstić information content (AvgIpc) is 3.54. The van der Waals surface area contributed by atoms with Gasteiger partial charge in [-0.2, -0.15) is 5.10 Å². The van der Waals surface area contributed by atoms with E-state index in [1.54, 1.807) is 49.5 Å². The fraction of sp³-hybridized carbons (Fsp3) is 0.318. The van der Waals surface area contributed by atoms with Crippen LogP contribution in [0.15, 0.2) is 42.9 Å². The van der Waals surface area contributed by atoms with Gasteiger partial charge in [-0.15, -0.1) is 5.10 Å². The van der Waals surface area contributed by atoms with E-state index in [-0.39, 0.29) is 17.8 Å². The molecule has 35 heavy (non-hydrogen) atoms. The molecule has 11 nitrogen and oxygen atoms in total. The van der Waals surface area contributed by atoms with Gasteiger partial charge in [-0.1, -0.05) is 11.3 Å². The average molecular weight is 480 g/mol. The fourth-order valence-corrected chi connectivity index (χ4v) is 3.90. The quantitative estimate of drug-likeness (QED) is 0.429. The Kier molecular flexibility index (Phi) is 5.89. The van der Waals surface area contributed by atoms with Gasteiger partial charge < -0.3 is 10.2 Å². The lowest BCUT2D eigenvalue weighted by Crippen LogP contribution is -2.21. The Morgan fingerprint density at radius 3 is 2.77 bits per heavy atom. The van der Waals surface area contributed by atoms with E-state index in [2.05, 4.69) is 35.7 Å². The highest BCUT2D eigenvalue weighted by molar-refractivity contribution is 5.84. The number of aryl methyl sites for hydroxylation is 1. The second kappa shape index (κ2) is 9.16. The van der Waals surface area contributed by atoms with E-state index in [1.165, 1.54) is 15.6 Å². The molecule has 1 fully saturated rings. The van der Waals surface area contributed by atoms with Crippen LogP contribution in [0.25, 0.3) is 17.2 Å². The summed E-state index contributed by atoms with van der Waals surface area (Å²) in [6, 6.07) is 7.12. The molecule has 1 amide bonds. The summed E-state index contributed by atoms with van der Waals surface area (Å²) in [7, 11) is 1.78. The number of halogens is 2. The van der Waals surface area contributed by atoms with E-state index in [4.69, 9.17) is 0 Å². The van der Waals surface area contributed by atoms with E-state index in [0.717, 1.165) is 0 Å².